The number of ketones is 1. The standard InChI is InChI=1S/C18H16INO4/c1-2-24-15-9-3-12(4-10-15)16(21)11-17(22)18(23)20-14-7-5-13(19)6-8-14/h3-11,22H,2H2,1H3,(H,20,23)/b17-11-. The Balaban J connectivity index is 2.04. The van der Waals surface area contributed by atoms with E-state index >= 15 is 0 Å². The fourth-order valence-electron chi connectivity index (χ4n) is 1.88. The number of nitrogens with one attached hydrogen (secondary N) is 1. The molecular weight excluding hydrogens is 421 g/mol. The normalized spacial score (nSPS) is 11.0. The minimum absolute atomic E-state index is 0.354. The lowest BCUT2D eigenvalue weighted by Gasteiger charge is -2.05. The van der Waals surface area contributed by atoms with Gasteiger partial charge in [-0.1, -0.05) is 0 Å². The summed E-state index contributed by atoms with van der Waals surface area (Å²) < 4.78 is 6.32. The number of carbonyl (C=O) groups is 2. The molecule has 2 rings (SSSR count). The van der Waals surface area contributed by atoms with E-state index in [0.717, 1.165) is 9.65 Å². The lowest BCUT2D eigenvalue weighted by Crippen LogP contribution is -2.15. The Bertz CT molecular complexity index is 752. The molecule has 0 saturated heterocycles. The lowest BCUT2D eigenvalue weighted by molar-refractivity contribution is -0.115. The van der Waals surface area contributed by atoms with Crippen molar-refractivity contribution in [2.75, 3.05) is 11.9 Å². The predicted octanol–water partition coefficient (Wildman–Crippen LogP) is 3.95. The van der Waals surface area contributed by atoms with Crippen molar-refractivity contribution < 1.29 is 19.4 Å². The van der Waals surface area contributed by atoms with Gasteiger partial charge in [-0.25, -0.2) is 0 Å². The van der Waals surface area contributed by atoms with Crippen LogP contribution >= 0.6 is 22.6 Å². The maximum atomic E-state index is 12.1. The van der Waals surface area contributed by atoms with E-state index in [9.17, 15) is 14.7 Å². The number of ether oxygens (including phenoxy) is 1. The first kappa shape index (κ1) is 18.0. The van der Waals surface area contributed by atoms with Gasteiger partial charge in [-0.3, -0.25) is 9.59 Å². The summed E-state index contributed by atoms with van der Waals surface area (Å²) in [7, 11) is 0. The predicted molar refractivity (Wildman–Crippen MR) is 100 cm³/mol. The Morgan fingerprint density at radius 3 is 2.33 bits per heavy atom. The molecule has 0 aromatic heterocycles. The molecule has 5 nitrogen and oxygen atoms in total. The molecule has 24 heavy (non-hydrogen) atoms. The SMILES string of the molecule is CCOc1ccc(C(=O)/C=C(\O)C(=O)Nc2ccc(I)cc2)cc1. The molecule has 0 radical (unpaired) electrons. The molecule has 6 heteroatoms. The zero-order chi connectivity index (χ0) is 17.5. The quantitative estimate of drug-likeness (QED) is 0.311. The van der Waals surface area contributed by atoms with Crippen LogP contribution in [0.5, 0.6) is 5.75 Å². The topological polar surface area (TPSA) is 75.6 Å². The van der Waals surface area contributed by atoms with Crippen molar-refractivity contribution >= 4 is 40.0 Å². The number of allylic oxidation sites excluding steroid dienone is 1. The molecule has 0 aliphatic heterocycles. The molecule has 124 valence electrons. The molecule has 0 fully saturated rings. The first-order chi connectivity index (χ1) is 11.5. The largest absolute Gasteiger partial charge is 0.503 e. The van der Waals surface area contributed by atoms with Crippen molar-refractivity contribution in [3.63, 3.8) is 0 Å². The van der Waals surface area contributed by atoms with Gasteiger partial charge in [-0.2, -0.15) is 0 Å². The van der Waals surface area contributed by atoms with Gasteiger partial charge >= 0.3 is 0 Å². The molecule has 0 atom stereocenters. The monoisotopic (exact) mass is 437 g/mol. The third-order valence-corrected chi connectivity index (χ3v) is 3.77. The fraction of sp³-hybridized carbons (Fsp3) is 0.111. The summed E-state index contributed by atoms with van der Waals surface area (Å²) in [6.07, 6.45) is 0.901. The Kier molecular flexibility index (Phi) is 6.36. The average Bonchev–Trinajstić information content (AvgIpc) is 2.57. The molecular formula is C18H16INO4. The molecule has 2 aromatic rings. The molecule has 0 heterocycles. The number of amides is 1. The summed E-state index contributed by atoms with van der Waals surface area (Å²) in [6, 6.07) is 13.5. The molecule has 2 N–H and O–H groups in total. The fourth-order valence-corrected chi connectivity index (χ4v) is 2.24. The van der Waals surface area contributed by atoms with E-state index in [1.54, 1.807) is 36.4 Å². The highest BCUT2D eigenvalue weighted by Crippen LogP contribution is 2.14. The number of carbonyl (C=O) groups excluding carboxylic acids is 2. The molecule has 0 unspecified atom stereocenters. The highest BCUT2D eigenvalue weighted by atomic mass is 127. The average molecular weight is 437 g/mol. The number of benzene rings is 2. The zero-order valence-electron chi connectivity index (χ0n) is 13.0. The van der Waals surface area contributed by atoms with Crippen molar-refractivity contribution in [3.05, 3.63) is 69.5 Å². The molecule has 0 saturated carbocycles. The summed E-state index contributed by atoms with van der Waals surface area (Å²) in [5, 5.41) is 12.3. The Hall–Kier alpha value is -2.35. The van der Waals surface area contributed by atoms with Gasteiger partial charge in [0.2, 0.25) is 0 Å². The smallest absolute Gasteiger partial charge is 0.290 e. The van der Waals surface area contributed by atoms with E-state index < -0.39 is 17.4 Å². The van der Waals surface area contributed by atoms with Gasteiger partial charge in [-0.15, -0.1) is 0 Å². The molecule has 0 bridgehead atoms. The van der Waals surface area contributed by atoms with E-state index in [4.69, 9.17) is 4.74 Å². The van der Waals surface area contributed by atoms with Gasteiger partial charge in [0.05, 0.1) is 6.61 Å². The summed E-state index contributed by atoms with van der Waals surface area (Å²) in [4.78, 5) is 24.0. The van der Waals surface area contributed by atoms with Crippen LogP contribution in [0.2, 0.25) is 0 Å². The maximum Gasteiger partial charge on any atom is 0.290 e. The number of halogens is 1. The second kappa shape index (κ2) is 8.49. The van der Waals surface area contributed by atoms with Crippen LogP contribution in [0.25, 0.3) is 0 Å². The van der Waals surface area contributed by atoms with Gasteiger partial charge in [-0.05, 0) is 78.0 Å². The Labute approximate surface area is 153 Å². The van der Waals surface area contributed by atoms with Crippen molar-refractivity contribution in [1.29, 1.82) is 0 Å². The van der Waals surface area contributed by atoms with E-state index in [0.29, 0.717) is 23.6 Å². The summed E-state index contributed by atoms with van der Waals surface area (Å²) in [5.41, 5.74) is 0.890. The van der Waals surface area contributed by atoms with Crippen LogP contribution < -0.4 is 10.1 Å². The summed E-state index contributed by atoms with van der Waals surface area (Å²) in [6.45, 7) is 2.40. The third-order valence-electron chi connectivity index (χ3n) is 3.05. The molecule has 0 aliphatic carbocycles. The first-order valence-electron chi connectivity index (χ1n) is 7.24. The van der Waals surface area contributed by atoms with Crippen LogP contribution in [0.4, 0.5) is 5.69 Å². The van der Waals surface area contributed by atoms with Crippen LogP contribution in [0.3, 0.4) is 0 Å². The highest BCUT2D eigenvalue weighted by molar-refractivity contribution is 14.1. The number of hydrogen-bond acceptors (Lipinski definition) is 4. The van der Waals surface area contributed by atoms with E-state index in [1.807, 2.05) is 19.1 Å². The van der Waals surface area contributed by atoms with E-state index in [2.05, 4.69) is 27.9 Å². The van der Waals surface area contributed by atoms with Crippen LogP contribution in [0, 0.1) is 3.57 Å². The molecule has 2 aromatic carbocycles. The third kappa shape index (κ3) is 5.09. The zero-order valence-corrected chi connectivity index (χ0v) is 15.1. The van der Waals surface area contributed by atoms with E-state index in [-0.39, 0.29) is 0 Å². The molecule has 0 spiro atoms. The molecule has 1 amide bonds. The number of aliphatic hydroxyl groups is 1. The van der Waals surface area contributed by atoms with Gasteiger partial charge in [0.15, 0.2) is 11.5 Å². The number of rotatable bonds is 6. The van der Waals surface area contributed by atoms with Crippen molar-refractivity contribution in [1.82, 2.24) is 0 Å². The Morgan fingerprint density at radius 1 is 1.12 bits per heavy atom. The lowest BCUT2D eigenvalue weighted by atomic mass is 10.1. The second-order valence-electron chi connectivity index (χ2n) is 4.81. The molecule has 0 aliphatic rings. The second-order valence-corrected chi connectivity index (χ2v) is 6.06. The summed E-state index contributed by atoms with van der Waals surface area (Å²) in [5.74, 6) is -1.20. The van der Waals surface area contributed by atoms with Gasteiger partial charge in [0, 0.05) is 20.9 Å². The van der Waals surface area contributed by atoms with Crippen LogP contribution in [0.15, 0.2) is 60.4 Å². The maximum absolute atomic E-state index is 12.1. The van der Waals surface area contributed by atoms with Crippen molar-refractivity contribution in [3.8, 4) is 5.75 Å². The minimum Gasteiger partial charge on any atom is -0.503 e. The van der Waals surface area contributed by atoms with Crippen LogP contribution in [-0.4, -0.2) is 23.4 Å². The number of aliphatic hydroxyl groups excluding tert-OH is 1. The van der Waals surface area contributed by atoms with Crippen molar-refractivity contribution in [2.24, 2.45) is 0 Å². The minimum atomic E-state index is -0.740. The van der Waals surface area contributed by atoms with Crippen molar-refractivity contribution in [2.45, 2.75) is 6.92 Å². The van der Waals surface area contributed by atoms with Gasteiger partial charge < -0.3 is 15.2 Å². The van der Waals surface area contributed by atoms with E-state index in [1.165, 1.54) is 0 Å². The number of anilines is 1. The van der Waals surface area contributed by atoms with Crippen LogP contribution in [0.1, 0.15) is 17.3 Å². The summed E-state index contributed by atoms with van der Waals surface area (Å²) >= 11 is 2.15. The first-order valence-corrected chi connectivity index (χ1v) is 8.32. The van der Waals surface area contributed by atoms with Gasteiger partial charge in [0.25, 0.3) is 5.91 Å². The Morgan fingerprint density at radius 2 is 1.75 bits per heavy atom. The highest BCUT2D eigenvalue weighted by Gasteiger charge is 2.12. The van der Waals surface area contributed by atoms with Gasteiger partial charge in [0.1, 0.15) is 5.75 Å². The number of hydrogen-bond donors (Lipinski definition) is 2. The van der Waals surface area contributed by atoms with Crippen LogP contribution in [-0.2, 0) is 4.79 Å².